The summed E-state index contributed by atoms with van der Waals surface area (Å²) in [6, 6.07) is 15.3. The van der Waals surface area contributed by atoms with Crippen LogP contribution in [0.25, 0.3) is 0 Å². The fourth-order valence-electron chi connectivity index (χ4n) is 2.42. The first-order chi connectivity index (χ1) is 14.1. The van der Waals surface area contributed by atoms with Crippen LogP contribution in [0.1, 0.15) is 38.5 Å². The third-order valence-corrected chi connectivity index (χ3v) is 3.95. The highest BCUT2D eigenvalue weighted by atomic mass is 16.5. The SMILES string of the molecule is COC(=O)c1ccc(OCc2noc(C(=O)NC[C@H](O)c3ccccc3)n2)cc1. The highest BCUT2D eigenvalue weighted by Crippen LogP contribution is 2.14. The summed E-state index contributed by atoms with van der Waals surface area (Å²) in [5.74, 6) is -0.607. The van der Waals surface area contributed by atoms with Crippen LogP contribution in [-0.2, 0) is 11.3 Å². The average molecular weight is 397 g/mol. The first-order valence-electron chi connectivity index (χ1n) is 8.72. The second kappa shape index (κ2) is 9.47. The molecule has 150 valence electrons. The van der Waals surface area contributed by atoms with Gasteiger partial charge in [0.1, 0.15) is 5.75 Å². The van der Waals surface area contributed by atoms with E-state index in [0.29, 0.717) is 16.9 Å². The van der Waals surface area contributed by atoms with Crippen LogP contribution in [0.4, 0.5) is 0 Å². The zero-order chi connectivity index (χ0) is 20.6. The van der Waals surface area contributed by atoms with E-state index in [4.69, 9.17) is 9.26 Å². The van der Waals surface area contributed by atoms with Crippen molar-refractivity contribution in [2.75, 3.05) is 13.7 Å². The summed E-state index contributed by atoms with van der Waals surface area (Å²) in [5.41, 5.74) is 1.08. The molecule has 1 heterocycles. The maximum atomic E-state index is 12.1. The van der Waals surface area contributed by atoms with Gasteiger partial charge in [0.25, 0.3) is 0 Å². The number of aliphatic hydroxyl groups excluding tert-OH is 1. The van der Waals surface area contributed by atoms with E-state index in [1.807, 2.05) is 6.07 Å². The number of nitrogens with zero attached hydrogens (tertiary/aromatic N) is 2. The summed E-state index contributed by atoms with van der Waals surface area (Å²) in [5, 5.41) is 16.3. The molecule has 0 aliphatic carbocycles. The molecule has 3 aromatic rings. The van der Waals surface area contributed by atoms with Gasteiger partial charge in [0.15, 0.2) is 6.61 Å². The number of esters is 1. The molecule has 0 unspecified atom stereocenters. The van der Waals surface area contributed by atoms with Crippen molar-refractivity contribution < 1.29 is 28.7 Å². The monoisotopic (exact) mass is 397 g/mol. The molecule has 0 saturated carbocycles. The van der Waals surface area contributed by atoms with Gasteiger partial charge in [-0.3, -0.25) is 4.79 Å². The van der Waals surface area contributed by atoms with Gasteiger partial charge >= 0.3 is 17.8 Å². The fraction of sp³-hybridized carbons (Fsp3) is 0.200. The number of aromatic nitrogens is 2. The third kappa shape index (κ3) is 5.39. The molecule has 0 aliphatic heterocycles. The Morgan fingerprint density at radius 1 is 1.14 bits per heavy atom. The van der Waals surface area contributed by atoms with Gasteiger partial charge in [0.05, 0.1) is 18.8 Å². The number of methoxy groups -OCH3 is 1. The summed E-state index contributed by atoms with van der Waals surface area (Å²) in [4.78, 5) is 27.5. The molecule has 29 heavy (non-hydrogen) atoms. The quantitative estimate of drug-likeness (QED) is 0.553. The van der Waals surface area contributed by atoms with Crippen molar-refractivity contribution >= 4 is 11.9 Å². The smallest absolute Gasteiger partial charge is 0.337 e. The molecule has 1 atom stereocenters. The molecule has 9 nitrogen and oxygen atoms in total. The Labute approximate surface area is 166 Å². The summed E-state index contributed by atoms with van der Waals surface area (Å²) in [6.07, 6.45) is -0.848. The van der Waals surface area contributed by atoms with E-state index < -0.39 is 18.0 Å². The van der Waals surface area contributed by atoms with Gasteiger partial charge in [0, 0.05) is 6.54 Å². The third-order valence-electron chi connectivity index (χ3n) is 3.95. The van der Waals surface area contributed by atoms with Crippen molar-refractivity contribution in [3.05, 3.63) is 77.4 Å². The zero-order valence-electron chi connectivity index (χ0n) is 15.6. The Morgan fingerprint density at radius 2 is 1.86 bits per heavy atom. The van der Waals surface area contributed by atoms with Crippen LogP contribution in [0.2, 0.25) is 0 Å². The molecule has 0 fully saturated rings. The minimum absolute atomic E-state index is 0.00357. The maximum absolute atomic E-state index is 12.1. The van der Waals surface area contributed by atoms with Crippen LogP contribution in [0.5, 0.6) is 5.75 Å². The van der Waals surface area contributed by atoms with Crippen molar-refractivity contribution in [1.82, 2.24) is 15.5 Å². The average Bonchev–Trinajstić information content (AvgIpc) is 3.25. The van der Waals surface area contributed by atoms with E-state index in [0.717, 1.165) is 0 Å². The molecule has 2 aromatic carbocycles. The number of ether oxygens (including phenoxy) is 2. The molecule has 1 aromatic heterocycles. The summed E-state index contributed by atoms with van der Waals surface area (Å²) in [6.45, 7) is -0.0232. The molecule has 3 rings (SSSR count). The van der Waals surface area contributed by atoms with E-state index in [-0.39, 0.29) is 24.9 Å². The molecule has 2 N–H and O–H groups in total. The molecule has 0 aliphatic rings. The first-order valence-corrected chi connectivity index (χ1v) is 8.72. The maximum Gasteiger partial charge on any atom is 0.337 e. The molecular formula is C20H19N3O6. The number of aliphatic hydroxyl groups is 1. The molecule has 9 heteroatoms. The van der Waals surface area contributed by atoms with Crippen LogP contribution >= 0.6 is 0 Å². The van der Waals surface area contributed by atoms with Crippen LogP contribution in [0, 0.1) is 0 Å². The Kier molecular flexibility index (Phi) is 6.54. The van der Waals surface area contributed by atoms with E-state index >= 15 is 0 Å². The van der Waals surface area contributed by atoms with Crippen molar-refractivity contribution in [1.29, 1.82) is 0 Å². The van der Waals surface area contributed by atoms with Crippen molar-refractivity contribution in [2.45, 2.75) is 12.7 Å². The van der Waals surface area contributed by atoms with Crippen LogP contribution in [-0.4, -0.2) is 40.8 Å². The number of benzene rings is 2. The molecule has 0 spiro atoms. The van der Waals surface area contributed by atoms with Crippen molar-refractivity contribution in [3.63, 3.8) is 0 Å². The number of rotatable bonds is 8. The zero-order valence-corrected chi connectivity index (χ0v) is 15.6. The molecule has 0 bridgehead atoms. The number of hydrogen-bond acceptors (Lipinski definition) is 8. The van der Waals surface area contributed by atoms with E-state index in [1.54, 1.807) is 48.5 Å². The normalized spacial score (nSPS) is 11.5. The number of hydrogen-bond donors (Lipinski definition) is 2. The molecular weight excluding hydrogens is 378 g/mol. The van der Waals surface area contributed by atoms with Gasteiger partial charge < -0.3 is 24.4 Å². The lowest BCUT2D eigenvalue weighted by atomic mass is 10.1. The minimum Gasteiger partial charge on any atom is -0.485 e. The van der Waals surface area contributed by atoms with Gasteiger partial charge in [-0.2, -0.15) is 4.98 Å². The van der Waals surface area contributed by atoms with Gasteiger partial charge in [-0.05, 0) is 29.8 Å². The van der Waals surface area contributed by atoms with Gasteiger partial charge in [-0.25, -0.2) is 4.79 Å². The molecule has 1 amide bonds. The summed E-state index contributed by atoms with van der Waals surface area (Å²) < 4.78 is 15.0. The second-order valence-electron chi connectivity index (χ2n) is 5.96. The lowest BCUT2D eigenvalue weighted by molar-refractivity contribution is 0.0600. The lowest BCUT2D eigenvalue weighted by Crippen LogP contribution is -2.28. The van der Waals surface area contributed by atoms with Crippen molar-refractivity contribution in [2.24, 2.45) is 0 Å². The van der Waals surface area contributed by atoms with Gasteiger partial charge in [0.2, 0.25) is 5.82 Å². The van der Waals surface area contributed by atoms with Crippen LogP contribution < -0.4 is 10.1 Å². The topological polar surface area (TPSA) is 124 Å². The number of nitrogens with one attached hydrogen (secondary N) is 1. The fourth-order valence-corrected chi connectivity index (χ4v) is 2.42. The van der Waals surface area contributed by atoms with E-state index in [9.17, 15) is 14.7 Å². The van der Waals surface area contributed by atoms with Gasteiger partial charge in [-0.1, -0.05) is 35.5 Å². The molecule has 0 saturated heterocycles. The predicted octanol–water partition coefficient (Wildman–Crippen LogP) is 1.90. The number of carbonyl (C=O) groups excluding carboxylic acids is 2. The van der Waals surface area contributed by atoms with Crippen LogP contribution in [0.3, 0.4) is 0 Å². The van der Waals surface area contributed by atoms with E-state index in [1.165, 1.54) is 7.11 Å². The highest BCUT2D eigenvalue weighted by Gasteiger charge is 2.17. The Morgan fingerprint density at radius 3 is 2.55 bits per heavy atom. The number of carbonyl (C=O) groups is 2. The Balaban J connectivity index is 1.49. The number of amides is 1. The first kappa shape index (κ1) is 20.0. The lowest BCUT2D eigenvalue weighted by Gasteiger charge is -2.10. The van der Waals surface area contributed by atoms with E-state index in [2.05, 4.69) is 20.2 Å². The minimum atomic E-state index is -0.848. The molecule has 0 radical (unpaired) electrons. The van der Waals surface area contributed by atoms with Crippen molar-refractivity contribution in [3.8, 4) is 5.75 Å². The van der Waals surface area contributed by atoms with Crippen LogP contribution in [0.15, 0.2) is 59.1 Å². The summed E-state index contributed by atoms with van der Waals surface area (Å²) >= 11 is 0. The summed E-state index contributed by atoms with van der Waals surface area (Å²) in [7, 11) is 1.30. The second-order valence-corrected chi connectivity index (χ2v) is 5.96. The highest BCUT2D eigenvalue weighted by molar-refractivity contribution is 5.89. The van der Waals surface area contributed by atoms with Gasteiger partial charge in [-0.15, -0.1) is 0 Å². The largest absolute Gasteiger partial charge is 0.485 e. The standard InChI is InChI=1S/C20H19N3O6/c1-27-20(26)14-7-9-15(10-8-14)28-12-17-22-19(29-23-17)18(25)21-11-16(24)13-5-3-2-4-6-13/h2-10,16,24H,11-12H2,1H3,(H,21,25)/t16-/m0/s1. The Bertz CT molecular complexity index is 956. The Hall–Kier alpha value is -3.72. The predicted molar refractivity (Wildman–Crippen MR) is 100 cm³/mol.